The molecule has 26 heavy (non-hydrogen) atoms. The molecule has 0 aliphatic carbocycles. The number of hydroxylamine groups is 1. The first-order valence-corrected chi connectivity index (χ1v) is 8.61. The number of nitrogens with one attached hydrogen (secondary N) is 1. The molecule has 2 N–H and O–H groups in total. The molecule has 1 atom stereocenters. The number of hydrogen-bond acceptors (Lipinski definition) is 5. The molecule has 0 radical (unpaired) electrons. The van der Waals surface area contributed by atoms with Crippen molar-refractivity contribution in [1.82, 2.24) is 10.3 Å². The van der Waals surface area contributed by atoms with Crippen molar-refractivity contribution < 1.29 is 19.4 Å². The normalized spacial score (nSPS) is 13.5. The molecule has 0 saturated heterocycles. The van der Waals surface area contributed by atoms with Crippen LogP contribution in [0, 0.1) is 5.21 Å². The molecule has 2 aromatic rings. The zero-order valence-electron chi connectivity index (χ0n) is 14.8. The minimum atomic E-state index is -1.16. The Morgan fingerprint density at radius 3 is 2.62 bits per heavy atom. The molecule has 0 saturated carbocycles. The van der Waals surface area contributed by atoms with Crippen molar-refractivity contribution in [2.75, 3.05) is 5.75 Å². The van der Waals surface area contributed by atoms with E-state index in [1.807, 2.05) is 20.8 Å². The highest BCUT2D eigenvalue weighted by Gasteiger charge is 2.20. The second-order valence-electron chi connectivity index (χ2n) is 6.85. The van der Waals surface area contributed by atoms with Gasteiger partial charge in [0, 0.05) is 43.7 Å². The van der Waals surface area contributed by atoms with Gasteiger partial charge in [0.05, 0.1) is 0 Å². The fraction of sp³-hybridized carbons (Fsp3) is 0.333. The van der Waals surface area contributed by atoms with E-state index in [1.165, 1.54) is 12.4 Å². The van der Waals surface area contributed by atoms with Gasteiger partial charge >= 0.3 is 5.97 Å². The Balaban J connectivity index is 2.34. The zero-order chi connectivity index (χ0) is 19.5. The van der Waals surface area contributed by atoms with Crippen LogP contribution in [0.25, 0.3) is 10.8 Å². The van der Waals surface area contributed by atoms with Gasteiger partial charge < -0.3 is 15.6 Å². The monoisotopic (exact) mass is 375 g/mol. The Labute approximate surface area is 156 Å². The van der Waals surface area contributed by atoms with Crippen LogP contribution >= 0.6 is 12.6 Å². The van der Waals surface area contributed by atoms with Gasteiger partial charge in [-0.3, -0.25) is 9.78 Å². The summed E-state index contributed by atoms with van der Waals surface area (Å²) >= 11 is 3.91. The van der Waals surface area contributed by atoms with E-state index in [0.29, 0.717) is 5.56 Å². The van der Waals surface area contributed by atoms with Crippen molar-refractivity contribution in [2.45, 2.75) is 32.4 Å². The lowest BCUT2D eigenvalue weighted by molar-refractivity contribution is -0.530. The Kier molecular flexibility index (Phi) is 5.86. The number of carbonyl (C=O) groups is 2. The second kappa shape index (κ2) is 7.74. The third-order valence-corrected chi connectivity index (χ3v) is 4.06. The molecule has 1 aromatic carbocycles. The lowest BCUT2D eigenvalue weighted by atomic mass is 10.1. The molecule has 0 aliphatic rings. The summed E-state index contributed by atoms with van der Waals surface area (Å²) in [6.07, 6.45) is 3.02. The minimum absolute atomic E-state index is 0.0279. The predicted molar refractivity (Wildman–Crippen MR) is 103 cm³/mol. The maximum absolute atomic E-state index is 12.2. The highest BCUT2D eigenvalue weighted by Crippen LogP contribution is 2.16. The van der Waals surface area contributed by atoms with Crippen LogP contribution in [0.4, 0.5) is 0 Å². The number of carboxylic acid groups (broad SMARTS) is 1. The van der Waals surface area contributed by atoms with Crippen LogP contribution in [-0.4, -0.2) is 50.3 Å². The first-order valence-electron chi connectivity index (χ1n) is 7.97. The highest BCUT2D eigenvalue weighted by molar-refractivity contribution is 7.80. The SMILES string of the molecule is CC(C)(C)/[N+]([O-])=C\c1ccc2cnc(C(=O)NC(CS)C(=O)O)cc2c1. The highest BCUT2D eigenvalue weighted by atomic mass is 32.1. The van der Waals surface area contributed by atoms with Gasteiger partial charge in [0.2, 0.25) is 0 Å². The summed E-state index contributed by atoms with van der Waals surface area (Å²) < 4.78 is 0.868. The fourth-order valence-corrected chi connectivity index (χ4v) is 2.36. The summed E-state index contributed by atoms with van der Waals surface area (Å²) in [5.74, 6) is -1.79. The molecule has 8 heteroatoms. The van der Waals surface area contributed by atoms with Crippen LogP contribution < -0.4 is 5.32 Å². The number of fused-ring (bicyclic) bond motifs is 1. The average Bonchev–Trinajstić information content (AvgIpc) is 2.57. The maximum atomic E-state index is 12.2. The topological polar surface area (TPSA) is 105 Å². The van der Waals surface area contributed by atoms with Gasteiger partial charge in [0.1, 0.15) is 11.7 Å². The number of aliphatic carboxylic acids is 1. The third-order valence-electron chi connectivity index (χ3n) is 3.69. The Bertz CT molecular complexity index is 874. The second-order valence-corrected chi connectivity index (χ2v) is 7.21. The van der Waals surface area contributed by atoms with Crippen molar-refractivity contribution >= 4 is 41.5 Å². The summed E-state index contributed by atoms with van der Waals surface area (Å²) in [5, 5.41) is 25.0. The van der Waals surface area contributed by atoms with Crippen LogP contribution in [0.1, 0.15) is 36.8 Å². The van der Waals surface area contributed by atoms with E-state index in [9.17, 15) is 14.8 Å². The molecular formula is C18H21N3O4S. The molecule has 1 aromatic heterocycles. The quantitative estimate of drug-likeness (QED) is 0.244. The van der Waals surface area contributed by atoms with E-state index < -0.39 is 23.5 Å². The number of hydrogen-bond donors (Lipinski definition) is 3. The Morgan fingerprint density at radius 2 is 2.04 bits per heavy atom. The van der Waals surface area contributed by atoms with Gasteiger partial charge in [-0.1, -0.05) is 6.07 Å². The van der Waals surface area contributed by atoms with Gasteiger partial charge in [-0.25, -0.2) is 9.53 Å². The van der Waals surface area contributed by atoms with E-state index in [2.05, 4.69) is 22.9 Å². The predicted octanol–water partition coefficient (Wildman–Crippen LogP) is 2.08. The van der Waals surface area contributed by atoms with E-state index in [1.54, 1.807) is 24.3 Å². The van der Waals surface area contributed by atoms with E-state index in [-0.39, 0.29) is 11.4 Å². The number of nitrogens with zero attached hydrogens (tertiary/aromatic N) is 2. The standard InChI is InChI=1S/C18H21N3O4S/c1-18(2,3)21(25)9-11-4-5-12-8-19-14(7-13(12)6-11)16(22)20-15(10-26)17(23)24/h4-9,15,26H,10H2,1-3H3,(H,20,22)(H,23,24)/b21-9+. The molecule has 138 valence electrons. The number of benzene rings is 1. The number of carbonyl (C=O) groups excluding carboxylic acids is 1. The number of amides is 1. The molecule has 0 fully saturated rings. The van der Waals surface area contributed by atoms with Crippen LogP contribution in [0.15, 0.2) is 30.5 Å². The number of thiol groups is 1. The van der Waals surface area contributed by atoms with Gasteiger partial charge in [0.15, 0.2) is 11.8 Å². The van der Waals surface area contributed by atoms with Crippen LogP contribution in [0.5, 0.6) is 0 Å². The van der Waals surface area contributed by atoms with E-state index >= 15 is 0 Å². The molecule has 1 unspecified atom stereocenters. The van der Waals surface area contributed by atoms with Gasteiger partial charge in [0.25, 0.3) is 5.91 Å². The van der Waals surface area contributed by atoms with E-state index in [0.717, 1.165) is 15.5 Å². The van der Waals surface area contributed by atoms with Crippen LogP contribution in [0.3, 0.4) is 0 Å². The number of pyridine rings is 1. The molecule has 1 heterocycles. The Morgan fingerprint density at radius 1 is 1.35 bits per heavy atom. The van der Waals surface area contributed by atoms with Crippen LogP contribution in [-0.2, 0) is 4.79 Å². The number of rotatable bonds is 5. The van der Waals surface area contributed by atoms with Gasteiger partial charge in [-0.2, -0.15) is 12.6 Å². The minimum Gasteiger partial charge on any atom is -0.623 e. The van der Waals surface area contributed by atoms with Crippen molar-refractivity contribution in [3.8, 4) is 0 Å². The molecule has 1 amide bonds. The molecule has 0 aliphatic heterocycles. The average molecular weight is 375 g/mol. The first-order chi connectivity index (χ1) is 12.1. The number of carboxylic acids is 1. The largest absolute Gasteiger partial charge is 0.623 e. The summed E-state index contributed by atoms with van der Waals surface area (Å²) in [7, 11) is 0. The van der Waals surface area contributed by atoms with Crippen LogP contribution in [0.2, 0.25) is 0 Å². The Hall–Kier alpha value is -2.61. The third kappa shape index (κ3) is 4.72. The molecule has 0 spiro atoms. The summed E-state index contributed by atoms with van der Waals surface area (Å²) in [4.78, 5) is 27.3. The number of aromatic nitrogens is 1. The van der Waals surface area contributed by atoms with Gasteiger partial charge in [-0.15, -0.1) is 0 Å². The molecule has 0 bridgehead atoms. The van der Waals surface area contributed by atoms with Crippen molar-refractivity contribution in [3.63, 3.8) is 0 Å². The smallest absolute Gasteiger partial charge is 0.327 e. The van der Waals surface area contributed by atoms with E-state index in [4.69, 9.17) is 5.11 Å². The van der Waals surface area contributed by atoms with Crippen molar-refractivity contribution in [3.05, 3.63) is 46.9 Å². The molecular weight excluding hydrogens is 354 g/mol. The first kappa shape index (κ1) is 19.7. The summed E-state index contributed by atoms with van der Waals surface area (Å²) in [6.45, 7) is 5.43. The van der Waals surface area contributed by atoms with Gasteiger partial charge in [-0.05, 0) is 23.6 Å². The lowest BCUT2D eigenvalue weighted by Gasteiger charge is -2.18. The summed E-state index contributed by atoms with van der Waals surface area (Å²) in [5.41, 5.74) is 0.230. The summed E-state index contributed by atoms with van der Waals surface area (Å²) in [6, 6.07) is 5.84. The molecule has 2 rings (SSSR count). The lowest BCUT2D eigenvalue weighted by Crippen LogP contribution is -2.42. The molecule has 7 nitrogen and oxygen atoms in total. The van der Waals surface area contributed by atoms with Crippen molar-refractivity contribution in [1.29, 1.82) is 0 Å². The zero-order valence-corrected chi connectivity index (χ0v) is 15.7. The fourth-order valence-electron chi connectivity index (χ4n) is 2.11. The van der Waals surface area contributed by atoms with Crippen molar-refractivity contribution in [2.24, 2.45) is 0 Å². The maximum Gasteiger partial charge on any atom is 0.327 e.